The maximum Gasteiger partial charge on any atom is 0.142 e. The zero-order valence-electron chi connectivity index (χ0n) is 9.40. The number of hydrogen-bond acceptors (Lipinski definition) is 1. The Morgan fingerprint density at radius 3 is 2.56 bits per heavy atom. The van der Waals surface area contributed by atoms with E-state index in [0.717, 1.165) is 17.7 Å². The summed E-state index contributed by atoms with van der Waals surface area (Å²) >= 11 is 15.4. The van der Waals surface area contributed by atoms with E-state index in [1.807, 2.05) is 6.07 Å². The normalized spacial score (nSPS) is 10.9. The van der Waals surface area contributed by atoms with Crippen molar-refractivity contribution in [1.29, 1.82) is 0 Å². The van der Waals surface area contributed by atoms with Gasteiger partial charge in [-0.2, -0.15) is 0 Å². The first-order valence-corrected chi connectivity index (χ1v) is 7.09. The van der Waals surface area contributed by atoms with Gasteiger partial charge in [-0.15, -0.1) is 0 Å². The van der Waals surface area contributed by atoms with Crippen molar-refractivity contribution < 1.29 is 4.74 Å². The van der Waals surface area contributed by atoms with Crippen molar-refractivity contribution in [1.82, 2.24) is 0 Å². The largest absolute Gasteiger partial charge is 0.492 e. The maximum atomic E-state index is 6.10. The highest BCUT2D eigenvalue weighted by Crippen LogP contribution is 2.33. The van der Waals surface area contributed by atoms with Crippen LogP contribution in [-0.4, -0.2) is 6.61 Å². The summed E-state index contributed by atoms with van der Waals surface area (Å²) in [6, 6.07) is 3.58. The van der Waals surface area contributed by atoms with Gasteiger partial charge in [-0.05, 0) is 24.5 Å². The van der Waals surface area contributed by atoms with E-state index in [2.05, 4.69) is 29.8 Å². The first-order valence-electron chi connectivity index (χ1n) is 5.21. The first-order chi connectivity index (χ1) is 7.54. The van der Waals surface area contributed by atoms with Gasteiger partial charge >= 0.3 is 0 Å². The van der Waals surface area contributed by atoms with Crippen molar-refractivity contribution in [2.75, 3.05) is 6.61 Å². The molecule has 0 amide bonds. The van der Waals surface area contributed by atoms with Crippen molar-refractivity contribution in [2.45, 2.75) is 25.6 Å². The van der Waals surface area contributed by atoms with Crippen molar-refractivity contribution in [3.63, 3.8) is 0 Å². The lowest BCUT2D eigenvalue weighted by Crippen LogP contribution is -2.03. The molecule has 0 saturated carbocycles. The Kier molecular flexibility index (Phi) is 5.95. The molecule has 0 saturated heterocycles. The van der Waals surface area contributed by atoms with Gasteiger partial charge in [-0.25, -0.2) is 0 Å². The fourth-order valence-corrected chi connectivity index (χ4v) is 2.28. The highest BCUT2D eigenvalue weighted by atomic mass is 79.9. The predicted molar refractivity (Wildman–Crippen MR) is 74.0 cm³/mol. The van der Waals surface area contributed by atoms with Crippen molar-refractivity contribution in [2.24, 2.45) is 5.92 Å². The highest BCUT2D eigenvalue weighted by molar-refractivity contribution is 9.08. The molecule has 0 aliphatic heterocycles. The van der Waals surface area contributed by atoms with E-state index in [0.29, 0.717) is 27.9 Å². The van der Waals surface area contributed by atoms with Crippen LogP contribution in [0, 0.1) is 5.92 Å². The van der Waals surface area contributed by atoms with E-state index in [1.165, 1.54) is 0 Å². The summed E-state index contributed by atoms with van der Waals surface area (Å²) in [6.07, 6.45) is 1.01. The van der Waals surface area contributed by atoms with E-state index in [9.17, 15) is 0 Å². The summed E-state index contributed by atoms with van der Waals surface area (Å²) in [7, 11) is 0. The van der Waals surface area contributed by atoms with Crippen LogP contribution >= 0.6 is 39.1 Å². The highest BCUT2D eigenvalue weighted by Gasteiger charge is 2.10. The average Bonchev–Trinajstić information content (AvgIpc) is 2.20. The van der Waals surface area contributed by atoms with Crippen molar-refractivity contribution in [3.8, 4) is 5.75 Å². The van der Waals surface area contributed by atoms with Crippen LogP contribution in [-0.2, 0) is 5.33 Å². The smallest absolute Gasteiger partial charge is 0.142 e. The lowest BCUT2D eigenvalue weighted by molar-refractivity contribution is 0.288. The molecule has 1 aromatic carbocycles. The number of alkyl halides is 1. The van der Waals surface area contributed by atoms with Gasteiger partial charge in [0, 0.05) is 15.9 Å². The second-order valence-electron chi connectivity index (χ2n) is 4.04. The van der Waals surface area contributed by atoms with Crippen LogP contribution < -0.4 is 4.74 Å². The maximum absolute atomic E-state index is 6.10. The molecule has 4 heteroatoms. The Morgan fingerprint density at radius 2 is 2.00 bits per heavy atom. The quantitative estimate of drug-likeness (QED) is 0.666. The van der Waals surface area contributed by atoms with Gasteiger partial charge in [0.15, 0.2) is 0 Å². The number of benzene rings is 1. The summed E-state index contributed by atoms with van der Waals surface area (Å²) in [5.41, 5.74) is 0.987. The van der Waals surface area contributed by atoms with Gasteiger partial charge in [-0.1, -0.05) is 53.0 Å². The van der Waals surface area contributed by atoms with Crippen LogP contribution in [0.2, 0.25) is 10.0 Å². The van der Waals surface area contributed by atoms with Gasteiger partial charge in [0.05, 0.1) is 11.6 Å². The van der Waals surface area contributed by atoms with E-state index in [4.69, 9.17) is 27.9 Å². The summed E-state index contributed by atoms with van der Waals surface area (Å²) in [4.78, 5) is 0. The Hall–Kier alpha value is 0.0800. The third kappa shape index (κ3) is 4.15. The summed E-state index contributed by atoms with van der Waals surface area (Å²) in [5, 5.41) is 1.89. The molecule has 0 unspecified atom stereocenters. The molecule has 90 valence electrons. The van der Waals surface area contributed by atoms with Crippen LogP contribution in [0.1, 0.15) is 25.8 Å². The fourth-order valence-electron chi connectivity index (χ4n) is 1.27. The average molecular weight is 326 g/mol. The molecule has 0 aliphatic carbocycles. The third-order valence-electron chi connectivity index (χ3n) is 2.17. The SMILES string of the molecule is CC(C)CCOc1c(Cl)cc(Cl)cc1CBr. The number of ether oxygens (including phenoxy) is 1. The van der Waals surface area contributed by atoms with E-state index in [-0.39, 0.29) is 0 Å². The first kappa shape index (κ1) is 14.1. The zero-order valence-corrected chi connectivity index (χ0v) is 12.5. The van der Waals surface area contributed by atoms with E-state index >= 15 is 0 Å². The standard InChI is InChI=1S/C12H15BrCl2O/c1-8(2)3-4-16-12-9(7-13)5-10(14)6-11(12)15/h5-6,8H,3-4,7H2,1-2H3. The Morgan fingerprint density at radius 1 is 1.31 bits per heavy atom. The summed E-state index contributed by atoms with van der Waals surface area (Å²) < 4.78 is 5.70. The van der Waals surface area contributed by atoms with Crippen LogP contribution in [0.3, 0.4) is 0 Å². The van der Waals surface area contributed by atoms with E-state index < -0.39 is 0 Å². The number of rotatable bonds is 5. The second-order valence-corrected chi connectivity index (χ2v) is 5.44. The van der Waals surface area contributed by atoms with Crippen LogP contribution in [0.25, 0.3) is 0 Å². The Balaban J connectivity index is 2.77. The van der Waals surface area contributed by atoms with Crippen LogP contribution in [0.4, 0.5) is 0 Å². The fraction of sp³-hybridized carbons (Fsp3) is 0.500. The minimum absolute atomic E-state index is 0.575. The molecule has 0 fully saturated rings. The number of hydrogen-bond donors (Lipinski definition) is 0. The lowest BCUT2D eigenvalue weighted by Gasteiger charge is -2.13. The van der Waals surface area contributed by atoms with Gasteiger partial charge in [-0.3, -0.25) is 0 Å². The van der Waals surface area contributed by atoms with Gasteiger partial charge < -0.3 is 4.74 Å². The van der Waals surface area contributed by atoms with Gasteiger partial charge in [0.1, 0.15) is 5.75 Å². The third-order valence-corrected chi connectivity index (χ3v) is 3.27. The van der Waals surface area contributed by atoms with Crippen molar-refractivity contribution >= 4 is 39.1 Å². The number of halogens is 3. The molecule has 0 N–H and O–H groups in total. The Bertz CT molecular complexity index is 353. The minimum atomic E-state index is 0.575. The van der Waals surface area contributed by atoms with Gasteiger partial charge in [0.25, 0.3) is 0 Å². The molecule has 1 aromatic rings. The summed E-state index contributed by atoms with van der Waals surface area (Å²) in [6.45, 7) is 5.01. The second kappa shape index (κ2) is 6.73. The molecule has 0 bridgehead atoms. The molecule has 0 aromatic heterocycles. The van der Waals surface area contributed by atoms with Crippen LogP contribution in [0.5, 0.6) is 5.75 Å². The summed E-state index contributed by atoms with van der Waals surface area (Å²) in [5.74, 6) is 1.36. The molecule has 0 radical (unpaired) electrons. The van der Waals surface area contributed by atoms with Crippen molar-refractivity contribution in [3.05, 3.63) is 27.7 Å². The zero-order chi connectivity index (χ0) is 12.1. The molecule has 0 spiro atoms. The topological polar surface area (TPSA) is 9.23 Å². The van der Waals surface area contributed by atoms with Gasteiger partial charge in [0.2, 0.25) is 0 Å². The molecular weight excluding hydrogens is 311 g/mol. The molecular formula is C12H15BrCl2O. The lowest BCUT2D eigenvalue weighted by atomic mass is 10.1. The molecule has 16 heavy (non-hydrogen) atoms. The molecule has 1 nitrogen and oxygen atoms in total. The molecule has 0 atom stereocenters. The molecule has 1 rings (SSSR count). The monoisotopic (exact) mass is 324 g/mol. The van der Waals surface area contributed by atoms with Crippen LogP contribution in [0.15, 0.2) is 12.1 Å². The predicted octanol–water partition coefficient (Wildman–Crippen LogP) is 5.31. The minimum Gasteiger partial charge on any atom is -0.492 e. The Labute approximate surface area is 115 Å². The molecule has 0 aliphatic rings. The van der Waals surface area contributed by atoms with E-state index in [1.54, 1.807) is 6.07 Å². The molecule has 0 heterocycles.